The maximum atomic E-state index is 12.4. The first-order valence-electron chi connectivity index (χ1n) is 8.49. The minimum atomic E-state index is -1.02. The highest BCUT2D eigenvalue weighted by Crippen LogP contribution is 2.34. The van der Waals surface area contributed by atoms with Crippen LogP contribution in [-0.2, 0) is 10.4 Å². The summed E-state index contributed by atoms with van der Waals surface area (Å²) in [5.74, 6) is 0.411. The Balaban J connectivity index is 2.12. The van der Waals surface area contributed by atoms with Gasteiger partial charge in [0.1, 0.15) is 0 Å². The second kappa shape index (κ2) is 5.85. The third kappa shape index (κ3) is 3.51. The summed E-state index contributed by atoms with van der Waals surface area (Å²) in [5.41, 5.74) is 2.15. The Hall–Kier alpha value is -2.40. The number of hydrogen-bond donors (Lipinski definition) is 2. The number of fused-ring (bicyclic) bond motifs is 1. The normalized spacial score (nSPS) is 14.4. The highest BCUT2D eigenvalue weighted by Gasteiger charge is 2.26. The molecule has 0 spiro atoms. The van der Waals surface area contributed by atoms with Crippen LogP contribution < -0.4 is 5.32 Å². The van der Waals surface area contributed by atoms with Gasteiger partial charge in [-0.2, -0.15) is 0 Å². The van der Waals surface area contributed by atoms with Crippen molar-refractivity contribution in [2.75, 3.05) is 5.32 Å². The number of aliphatic hydroxyl groups is 1. The number of amides is 1. The van der Waals surface area contributed by atoms with Crippen LogP contribution in [0.2, 0.25) is 0 Å². The number of carbonyl (C=O) groups is 1. The zero-order valence-corrected chi connectivity index (χ0v) is 15.4. The van der Waals surface area contributed by atoms with Crippen molar-refractivity contribution in [3.05, 3.63) is 42.0 Å². The first-order valence-corrected chi connectivity index (χ1v) is 8.49. The van der Waals surface area contributed by atoms with Gasteiger partial charge in [0.05, 0.1) is 16.6 Å². The van der Waals surface area contributed by atoms with E-state index in [9.17, 15) is 9.90 Å². The molecule has 0 unspecified atom stereocenters. The van der Waals surface area contributed by atoms with Gasteiger partial charge >= 0.3 is 0 Å². The zero-order chi connectivity index (χ0) is 18.4. The molecule has 132 valence electrons. The molecule has 3 rings (SSSR count). The van der Waals surface area contributed by atoms with Gasteiger partial charge < -0.3 is 5.11 Å². The van der Waals surface area contributed by atoms with E-state index in [-0.39, 0.29) is 11.3 Å². The number of para-hydroxylation sites is 1. The lowest BCUT2D eigenvalue weighted by atomic mass is 9.92. The number of hydrogen-bond acceptors (Lipinski definition) is 3. The van der Waals surface area contributed by atoms with Crippen LogP contribution in [0.3, 0.4) is 0 Å². The molecule has 5 heteroatoms. The molecule has 0 bridgehead atoms. The van der Waals surface area contributed by atoms with E-state index in [1.807, 2.05) is 61.8 Å². The predicted octanol–water partition coefficient (Wildman–Crippen LogP) is 4.05. The molecule has 2 N–H and O–H groups in total. The molecule has 25 heavy (non-hydrogen) atoms. The van der Waals surface area contributed by atoms with Crippen molar-refractivity contribution < 1.29 is 9.90 Å². The molecule has 1 aliphatic carbocycles. The summed E-state index contributed by atoms with van der Waals surface area (Å²) >= 11 is 0. The Morgan fingerprint density at radius 2 is 1.92 bits per heavy atom. The van der Waals surface area contributed by atoms with Crippen LogP contribution in [0.4, 0.5) is 5.95 Å². The molecule has 1 aromatic heterocycles. The van der Waals surface area contributed by atoms with Crippen molar-refractivity contribution in [2.24, 2.45) is 5.41 Å². The maximum Gasteiger partial charge on any atom is 0.227 e. The largest absolute Gasteiger partial charge is 0.386 e. The zero-order valence-electron chi connectivity index (χ0n) is 15.4. The van der Waals surface area contributed by atoms with Crippen molar-refractivity contribution in [2.45, 2.75) is 46.6 Å². The van der Waals surface area contributed by atoms with Gasteiger partial charge in [0.2, 0.25) is 11.9 Å². The van der Waals surface area contributed by atoms with Crippen LogP contribution >= 0.6 is 0 Å². The highest BCUT2D eigenvalue weighted by molar-refractivity contribution is 5.95. The molecular formula is C20H25N3O2. The van der Waals surface area contributed by atoms with Gasteiger partial charge in [0, 0.05) is 17.7 Å². The fourth-order valence-corrected chi connectivity index (χ4v) is 2.94. The molecule has 0 saturated carbocycles. The third-order valence-corrected chi connectivity index (χ3v) is 4.07. The van der Waals surface area contributed by atoms with Gasteiger partial charge in [-0.15, -0.1) is 0 Å². The fraction of sp³-hybridized carbons (Fsp3) is 0.400. The summed E-state index contributed by atoms with van der Waals surface area (Å²) in [6, 6.07) is 5.66. The number of carbonyl (C=O) groups excluding carboxylic acids is 1. The smallest absolute Gasteiger partial charge is 0.227 e. The predicted molar refractivity (Wildman–Crippen MR) is 101 cm³/mol. The molecule has 0 atom stereocenters. The number of anilines is 1. The molecule has 5 nitrogen and oxygen atoms in total. The SMILES string of the molecule is CC(C)(C)CC(=O)Nc1nc2cccc(C(C)(C)O)c2n1C1=CC=C1. The Morgan fingerprint density at radius 3 is 2.44 bits per heavy atom. The fourth-order valence-electron chi connectivity index (χ4n) is 2.94. The molecular weight excluding hydrogens is 314 g/mol. The lowest BCUT2D eigenvalue weighted by Gasteiger charge is -2.22. The van der Waals surface area contributed by atoms with Gasteiger partial charge in [-0.25, -0.2) is 4.98 Å². The van der Waals surface area contributed by atoms with Crippen molar-refractivity contribution in [1.29, 1.82) is 0 Å². The highest BCUT2D eigenvalue weighted by atomic mass is 16.3. The quantitative estimate of drug-likeness (QED) is 0.883. The van der Waals surface area contributed by atoms with Gasteiger partial charge in [0.25, 0.3) is 0 Å². The molecule has 0 fully saturated rings. The first kappa shape index (κ1) is 17.4. The van der Waals surface area contributed by atoms with Crippen molar-refractivity contribution in [3.63, 3.8) is 0 Å². The summed E-state index contributed by atoms with van der Waals surface area (Å²) in [7, 11) is 0. The molecule has 1 aliphatic rings. The van der Waals surface area contributed by atoms with Crippen LogP contribution in [0.5, 0.6) is 0 Å². The molecule has 0 aliphatic heterocycles. The number of imidazole rings is 1. The molecule has 0 saturated heterocycles. The number of aromatic nitrogens is 2. The number of allylic oxidation sites excluding steroid dienone is 4. The van der Waals surface area contributed by atoms with Crippen LogP contribution in [0.15, 0.2) is 36.4 Å². The average molecular weight is 339 g/mol. The van der Waals surface area contributed by atoms with Crippen LogP contribution in [0.25, 0.3) is 16.7 Å². The van der Waals surface area contributed by atoms with E-state index in [1.165, 1.54) is 0 Å². The minimum Gasteiger partial charge on any atom is -0.386 e. The van der Waals surface area contributed by atoms with E-state index < -0.39 is 5.60 Å². The van der Waals surface area contributed by atoms with Gasteiger partial charge in [-0.1, -0.05) is 39.0 Å². The van der Waals surface area contributed by atoms with E-state index >= 15 is 0 Å². The molecule has 1 aromatic carbocycles. The minimum absolute atomic E-state index is 0.0715. The summed E-state index contributed by atoms with van der Waals surface area (Å²) in [5, 5.41) is 13.5. The monoisotopic (exact) mass is 339 g/mol. The Morgan fingerprint density at radius 1 is 1.24 bits per heavy atom. The maximum absolute atomic E-state index is 12.4. The van der Waals surface area contributed by atoms with Gasteiger partial charge in [-0.05, 0) is 37.5 Å². The second-order valence-corrected chi connectivity index (χ2v) is 8.24. The third-order valence-electron chi connectivity index (χ3n) is 4.07. The number of nitrogens with one attached hydrogen (secondary N) is 1. The second-order valence-electron chi connectivity index (χ2n) is 8.24. The first-order chi connectivity index (χ1) is 11.6. The lowest BCUT2D eigenvalue weighted by molar-refractivity contribution is -0.117. The van der Waals surface area contributed by atoms with Gasteiger partial charge in [-0.3, -0.25) is 14.7 Å². The van der Waals surface area contributed by atoms with Crippen LogP contribution in [-0.4, -0.2) is 20.6 Å². The Kier molecular flexibility index (Phi) is 4.07. The summed E-state index contributed by atoms with van der Waals surface area (Å²) in [4.78, 5) is 17.0. The summed E-state index contributed by atoms with van der Waals surface area (Å²) < 4.78 is 1.91. The molecule has 0 radical (unpaired) electrons. The van der Waals surface area contributed by atoms with Crippen molar-refractivity contribution >= 4 is 28.6 Å². The standard InChI is InChI=1S/C20H25N3O2/c1-19(2,3)12-16(24)22-18-21-15-11-7-10-14(20(4,5)25)17(15)23(18)13-8-6-9-13/h6-11,25H,12H2,1-5H3,(H,21,22,24). The molecule has 1 amide bonds. The summed E-state index contributed by atoms with van der Waals surface area (Å²) in [6.45, 7) is 9.58. The number of nitrogens with zero attached hydrogens (tertiary/aromatic N) is 2. The topological polar surface area (TPSA) is 67.2 Å². The lowest BCUT2D eigenvalue weighted by Crippen LogP contribution is -2.22. The molecule has 2 aromatic rings. The van der Waals surface area contributed by atoms with Crippen LogP contribution in [0.1, 0.15) is 46.6 Å². The van der Waals surface area contributed by atoms with E-state index in [0.717, 1.165) is 22.3 Å². The van der Waals surface area contributed by atoms with Crippen LogP contribution in [0, 0.1) is 5.41 Å². The van der Waals surface area contributed by atoms with Crippen molar-refractivity contribution in [3.8, 4) is 0 Å². The van der Waals surface area contributed by atoms with E-state index in [4.69, 9.17) is 0 Å². The van der Waals surface area contributed by atoms with Gasteiger partial charge in [0.15, 0.2) is 0 Å². The average Bonchev–Trinajstić information content (AvgIpc) is 2.71. The molecule has 1 heterocycles. The Bertz CT molecular complexity index is 890. The number of benzene rings is 1. The number of rotatable bonds is 4. The van der Waals surface area contributed by atoms with Crippen molar-refractivity contribution in [1.82, 2.24) is 9.55 Å². The Labute approximate surface area is 148 Å². The van der Waals surface area contributed by atoms with E-state index in [2.05, 4.69) is 10.3 Å². The van der Waals surface area contributed by atoms with E-state index in [1.54, 1.807) is 13.8 Å². The van der Waals surface area contributed by atoms with E-state index in [0.29, 0.717) is 12.4 Å². The summed E-state index contributed by atoms with van der Waals surface area (Å²) in [6.07, 6.45) is 6.27.